The molecule has 1 unspecified atom stereocenters. The van der Waals surface area contributed by atoms with Crippen molar-refractivity contribution < 1.29 is 4.79 Å². The molecular weight excluding hydrogens is 186 g/mol. The molecule has 1 amide bonds. The van der Waals surface area contributed by atoms with Gasteiger partial charge in [0.2, 0.25) is 5.91 Å². The molecule has 0 aliphatic carbocycles. The van der Waals surface area contributed by atoms with Gasteiger partial charge in [-0.1, -0.05) is 35.9 Å². The molecule has 0 aromatic heterocycles. The number of hydrogen-bond donors (Lipinski definition) is 1. The normalized spacial score (nSPS) is 11.0. The second-order valence-electron chi connectivity index (χ2n) is 2.67. The topological polar surface area (TPSA) is 43.1 Å². The summed E-state index contributed by atoms with van der Waals surface area (Å²) in [4.78, 5) is 9.79. The number of halogens is 1. The van der Waals surface area contributed by atoms with E-state index >= 15 is 0 Å². The molecule has 2 N–H and O–H groups in total. The van der Waals surface area contributed by atoms with E-state index in [-0.39, 0.29) is 0 Å². The monoisotopic (exact) mass is 199 g/mol. The minimum Gasteiger partial charge on any atom is -0.368 e. The van der Waals surface area contributed by atoms with Crippen molar-refractivity contribution in [3.63, 3.8) is 0 Å². The fraction of sp³-hybridized carbons (Fsp3) is 0.300. The van der Waals surface area contributed by atoms with Crippen LogP contribution in [0.15, 0.2) is 30.3 Å². The molecule has 0 heterocycles. The Bertz CT molecular complexity index is 246. The van der Waals surface area contributed by atoms with Gasteiger partial charge < -0.3 is 5.73 Å². The third kappa shape index (κ3) is 7.34. The molecule has 0 spiro atoms. The van der Waals surface area contributed by atoms with Crippen LogP contribution in [-0.4, -0.2) is 11.3 Å². The van der Waals surface area contributed by atoms with Crippen LogP contribution in [0.2, 0.25) is 0 Å². The van der Waals surface area contributed by atoms with Gasteiger partial charge in [0.05, 0.1) is 0 Å². The molecule has 0 aliphatic rings. The van der Waals surface area contributed by atoms with Gasteiger partial charge in [0, 0.05) is 0 Å². The van der Waals surface area contributed by atoms with E-state index in [4.69, 9.17) is 11.6 Å². The molecule has 0 fully saturated rings. The summed E-state index contributed by atoms with van der Waals surface area (Å²) in [6, 6.07) is 10.3. The molecule has 72 valence electrons. The number of hydrogen-bond acceptors (Lipinski definition) is 1. The lowest BCUT2D eigenvalue weighted by Gasteiger charge is -1.88. The van der Waals surface area contributed by atoms with Crippen LogP contribution < -0.4 is 5.73 Å². The van der Waals surface area contributed by atoms with Gasteiger partial charge in [-0.15, -0.1) is 11.6 Å². The number of carbonyl (C=O) groups excluding carboxylic acids is 1. The van der Waals surface area contributed by atoms with E-state index in [2.05, 4.69) is 24.8 Å². The van der Waals surface area contributed by atoms with E-state index in [0.717, 1.165) is 0 Å². The zero-order valence-electron chi connectivity index (χ0n) is 7.83. The van der Waals surface area contributed by atoms with Crippen LogP contribution in [-0.2, 0) is 4.79 Å². The van der Waals surface area contributed by atoms with Gasteiger partial charge in [-0.2, -0.15) is 0 Å². The first kappa shape index (κ1) is 12.0. The number of alkyl halides is 1. The van der Waals surface area contributed by atoms with Crippen molar-refractivity contribution in [1.82, 2.24) is 0 Å². The molecule has 1 atom stereocenters. The highest BCUT2D eigenvalue weighted by Gasteiger charge is 1.99. The van der Waals surface area contributed by atoms with E-state index in [1.54, 1.807) is 0 Å². The third-order valence-electron chi connectivity index (χ3n) is 1.33. The predicted molar refractivity (Wildman–Crippen MR) is 55.7 cm³/mol. The van der Waals surface area contributed by atoms with E-state index in [1.807, 2.05) is 18.2 Å². The minimum absolute atomic E-state index is 0.475. The lowest BCUT2D eigenvalue weighted by atomic mass is 10.2. The Hall–Kier alpha value is -1.02. The molecule has 2 nitrogen and oxygen atoms in total. The Balaban J connectivity index is 0.000000226. The summed E-state index contributed by atoms with van der Waals surface area (Å²) in [7, 11) is 0. The number of primary amides is 1. The van der Waals surface area contributed by atoms with Gasteiger partial charge in [-0.25, -0.2) is 0 Å². The quantitative estimate of drug-likeness (QED) is 0.692. The van der Waals surface area contributed by atoms with E-state index in [0.29, 0.717) is 0 Å². The zero-order valence-corrected chi connectivity index (χ0v) is 8.58. The summed E-state index contributed by atoms with van der Waals surface area (Å²) in [5.74, 6) is -0.475. The molecule has 0 bridgehead atoms. The molecule has 0 saturated carbocycles. The van der Waals surface area contributed by atoms with Crippen LogP contribution in [0.3, 0.4) is 0 Å². The summed E-state index contributed by atoms with van der Waals surface area (Å²) < 4.78 is 0. The first-order valence-corrected chi connectivity index (χ1v) is 4.42. The Morgan fingerprint density at radius 3 is 1.92 bits per heavy atom. The van der Waals surface area contributed by atoms with E-state index in [1.165, 1.54) is 12.5 Å². The maximum absolute atomic E-state index is 9.79. The molecule has 1 aromatic carbocycles. The number of nitrogens with two attached hydrogens (primary N) is 1. The van der Waals surface area contributed by atoms with Crippen molar-refractivity contribution >= 4 is 17.5 Å². The smallest absolute Gasteiger partial charge is 0.235 e. The number of carbonyl (C=O) groups is 1. The van der Waals surface area contributed by atoms with Crippen LogP contribution in [0.5, 0.6) is 0 Å². The van der Waals surface area contributed by atoms with Gasteiger partial charge in [0.15, 0.2) is 0 Å². The van der Waals surface area contributed by atoms with Gasteiger partial charge >= 0.3 is 0 Å². The van der Waals surface area contributed by atoms with Crippen LogP contribution in [0.1, 0.15) is 12.5 Å². The van der Waals surface area contributed by atoms with Crippen LogP contribution in [0.25, 0.3) is 0 Å². The lowest BCUT2D eigenvalue weighted by molar-refractivity contribution is -0.117. The maximum Gasteiger partial charge on any atom is 0.235 e. The van der Waals surface area contributed by atoms with E-state index in [9.17, 15) is 4.79 Å². The molecule has 1 aromatic rings. The molecule has 0 radical (unpaired) electrons. The summed E-state index contributed by atoms with van der Waals surface area (Å²) in [6.45, 7) is 3.61. The zero-order chi connectivity index (χ0) is 10.3. The Morgan fingerprint density at radius 1 is 1.38 bits per heavy atom. The lowest BCUT2D eigenvalue weighted by Crippen LogP contribution is -2.19. The number of aryl methyl sites for hydroxylation is 1. The second-order valence-corrected chi connectivity index (χ2v) is 3.33. The second kappa shape index (κ2) is 6.49. The van der Waals surface area contributed by atoms with Crippen LogP contribution >= 0.6 is 11.6 Å². The summed E-state index contributed by atoms with van der Waals surface area (Å²) in [5.41, 5.74) is 5.99. The van der Waals surface area contributed by atoms with Gasteiger partial charge in [0.1, 0.15) is 5.38 Å². The van der Waals surface area contributed by atoms with Crippen molar-refractivity contribution in [2.24, 2.45) is 5.73 Å². The van der Waals surface area contributed by atoms with Crippen molar-refractivity contribution in [1.29, 1.82) is 0 Å². The number of benzene rings is 1. The summed E-state index contributed by atoms with van der Waals surface area (Å²) in [5, 5.41) is -0.537. The first-order chi connectivity index (χ1) is 6.04. The highest BCUT2D eigenvalue weighted by Crippen LogP contribution is 1.92. The van der Waals surface area contributed by atoms with Crippen molar-refractivity contribution in [2.45, 2.75) is 19.2 Å². The van der Waals surface area contributed by atoms with Gasteiger partial charge in [-0.3, -0.25) is 4.79 Å². The van der Waals surface area contributed by atoms with Crippen LogP contribution in [0, 0.1) is 6.92 Å². The Morgan fingerprint density at radius 2 is 1.77 bits per heavy atom. The van der Waals surface area contributed by atoms with Crippen molar-refractivity contribution in [3.8, 4) is 0 Å². The van der Waals surface area contributed by atoms with E-state index < -0.39 is 11.3 Å². The fourth-order valence-electron chi connectivity index (χ4n) is 0.534. The minimum atomic E-state index is -0.537. The number of amides is 1. The molecule has 1 rings (SSSR count). The van der Waals surface area contributed by atoms with Crippen molar-refractivity contribution in [2.75, 3.05) is 0 Å². The highest BCUT2D eigenvalue weighted by atomic mass is 35.5. The van der Waals surface area contributed by atoms with Crippen molar-refractivity contribution in [3.05, 3.63) is 35.9 Å². The Labute approximate surface area is 83.7 Å². The predicted octanol–water partition coefficient (Wildman–Crippen LogP) is 2.09. The third-order valence-corrected chi connectivity index (χ3v) is 1.55. The average molecular weight is 200 g/mol. The molecule has 3 heteroatoms. The first-order valence-electron chi connectivity index (χ1n) is 3.99. The average Bonchev–Trinajstić information content (AvgIpc) is 2.06. The fourth-order valence-corrected chi connectivity index (χ4v) is 0.534. The Kier molecular flexibility index (Phi) is 5.98. The van der Waals surface area contributed by atoms with Gasteiger partial charge in [-0.05, 0) is 13.8 Å². The molecular formula is C10H14ClNO. The molecule has 0 saturated heterocycles. The standard InChI is InChI=1S/C7H8.C3H6ClNO/c1-7-5-3-2-4-6-7;1-2(4)3(5)6/h2-6H,1H3;2H,1H3,(H2,5,6). The van der Waals surface area contributed by atoms with Gasteiger partial charge in [0.25, 0.3) is 0 Å². The summed E-state index contributed by atoms with van der Waals surface area (Å²) in [6.07, 6.45) is 0. The number of rotatable bonds is 1. The molecule has 13 heavy (non-hydrogen) atoms. The highest BCUT2D eigenvalue weighted by molar-refractivity contribution is 6.30. The summed E-state index contributed by atoms with van der Waals surface area (Å²) >= 11 is 5.14. The largest absolute Gasteiger partial charge is 0.368 e. The molecule has 0 aliphatic heterocycles. The maximum atomic E-state index is 9.79. The SMILES string of the molecule is CC(Cl)C(N)=O.Cc1ccccc1. The van der Waals surface area contributed by atoms with Crippen LogP contribution in [0.4, 0.5) is 0 Å².